The van der Waals surface area contributed by atoms with Gasteiger partial charge in [0.25, 0.3) is 5.95 Å². The highest BCUT2D eigenvalue weighted by Crippen LogP contribution is 2.13. The van der Waals surface area contributed by atoms with Gasteiger partial charge in [0.05, 0.1) is 17.7 Å². The van der Waals surface area contributed by atoms with Gasteiger partial charge in [0.2, 0.25) is 11.9 Å². The molecule has 102 valence electrons. The van der Waals surface area contributed by atoms with E-state index in [1.165, 1.54) is 17.3 Å². The Labute approximate surface area is 118 Å². The number of thiazole rings is 1. The fourth-order valence-electron chi connectivity index (χ4n) is 1.58. The maximum Gasteiger partial charge on any atom is 0.258 e. The molecule has 3 aromatic heterocycles. The van der Waals surface area contributed by atoms with Crippen LogP contribution in [0.15, 0.2) is 23.5 Å². The van der Waals surface area contributed by atoms with E-state index in [2.05, 4.69) is 30.0 Å². The highest BCUT2D eigenvalue weighted by atomic mass is 32.1. The van der Waals surface area contributed by atoms with Crippen molar-refractivity contribution in [1.29, 1.82) is 0 Å². The zero-order valence-corrected chi connectivity index (χ0v) is 11.4. The van der Waals surface area contributed by atoms with Gasteiger partial charge in [0, 0.05) is 12.4 Å². The maximum atomic E-state index is 5.71. The summed E-state index contributed by atoms with van der Waals surface area (Å²) in [4.78, 5) is 22.4. The summed E-state index contributed by atoms with van der Waals surface area (Å²) >= 11 is 1.54. The van der Waals surface area contributed by atoms with Crippen molar-refractivity contribution in [2.45, 2.75) is 6.54 Å². The van der Waals surface area contributed by atoms with Crippen LogP contribution in [0, 0.1) is 0 Å². The van der Waals surface area contributed by atoms with E-state index in [-0.39, 0.29) is 5.95 Å². The summed E-state index contributed by atoms with van der Waals surface area (Å²) in [6, 6.07) is 0. The molecular formula is C10H11N9S. The Morgan fingerprint density at radius 2 is 2.25 bits per heavy atom. The molecule has 0 fully saturated rings. The highest BCUT2D eigenvalue weighted by Gasteiger charge is 2.11. The first kappa shape index (κ1) is 12.4. The normalized spacial score (nSPS) is 10.7. The molecule has 10 heteroatoms. The van der Waals surface area contributed by atoms with E-state index in [4.69, 9.17) is 5.73 Å². The van der Waals surface area contributed by atoms with Gasteiger partial charge in [0.1, 0.15) is 12.7 Å². The van der Waals surface area contributed by atoms with Gasteiger partial charge < -0.3 is 10.6 Å². The SMILES string of the molecule is CN(Cc1cscn1)c1nc(N)nc(-n2cncn2)n1. The molecule has 0 spiro atoms. The van der Waals surface area contributed by atoms with Gasteiger partial charge in [-0.05, 0) is 0 Å². The average molecular weight is 289 g/mol. The largest absolute Gasteiger partial charge is 0.368 e. The fourth-order valence-corrected chi connectivity index (χ4v) is 2.13. The highest BCUT2D eigenvalue weighted by molar-refractivity contribution is 7.07. The van der Waals surface area contributed by atoms with Crippen LogP contribution >= 0.6 is 11.3 Å². The molecule has 9 nitrogen and oxygen atoms in total. The Morgan fingerprint density at radius 3 is 2.95 bits per heavy atom. The van der Waals surface area contributed by atoms with Crippen LogP contribution in [0.5, 0.6) is 0 Å². The van der Waals surface area contributed by atoms with Gasteiger partial charge in [-0.3, -0.25) is 0 Å². The Hall–Kier alpha value is -2.62. The summed E-state index contributed by atoms with van der Waals surface area (Å²) in [6.07, 6.45) is 2.90. The number of hydrogen-bond acceptors (Lipinski definition) is 9. The average Bonchev–Trinajstić information content (AvgIpc) is 3.11. The summed E-state index contributed by atoms with van der Waals surface area (Å²) in [5.41, 5.74) is 8.44. The van der Waals surface area contributed by atoms with E-state index in [1.54, 1.807) is 16.8 Å². The molecule has 0 atom stereocenters. The number of anilines is 2. The van der Waals surface area contributed by atoms with E-state index < -0.39 is 0 Å². The summed E-state index contributed by atoms with van der Waals surface area (Å²) in [6.45, 7) is 0.587. The summed E-state index contributed by atoms with van der Waals surface area (Å²) in [5, 5.41) is 5.94. The molecule has 0 aliphatic carbocycles. The van der Waals surface area contributed by atoms with Crippen LogP contribution in [0.1, 0.15) is 5.69 Å². The molecule has 0 aliphatic rings. The number of nitrogen functional groups attached to an aromatic ring is 1. The maximum absolute atomic E-state index is 5.71. The van der Waals surface area contributed by atoms with E-state index >= 15 is 0 Å². The standard InChI is InChI=1S/C10H11N9S/c1-18(2-7-3-20-6-13-7)9-15-8(11)16-10(17-9)19-5-12-4-14-19/h3-6H,2H2,1H3,(H2,11,15,16,17). The number of hydrogen-bond donors (Lipinski definition) is 1. The van der Waals surface area contributed by atoms with E-state index in [1.807, 2.05) is 17.3 Å². The molecule has 0 amide bonds. The lowest BCUT2D eigenvalue weighted by Gasteiger charge is -2.16. The topological polar surface area (TPSA) is 112 Å². The molecule has 0 unspecified atom stereocenters. The third kappa shape index (κ3) is 2.54. The van der Waals surface area contributed by atoms with E-state index in [0.29, 0.717) is 18.4 Å². The van der Waals surface area contributed by atoms with Crippen LogP contribution in [-0.2, 0) is 6.54 Å². The first-order valence-electron chi connectivity index (χ1n) is 5.67. The van der Waals surface area contributed by atoms with Crippen LogP contribution in [0.25, 0.3) is 5.95 Å². The molecule has 0 aromatic carbocycles. The van der Waals surface area contributed by atoms with Gasteiger partial charge in [-0.15, -0.1) is 11.3 Å². The molecule has 3 heterocycles. The van der Waals surface area contributed by atoms with Gasteiger partial charge >= 0.3 is 0 Å². The molecule has 2 N–H and O–H groups in total. The number of nitrogens with two attached hydrogens (primary N) is 1. The molecule has 20 heavy (non-hydrogen) atoms. The van der Waals surface area contributed by atoms with E-state index in [9.17, 15) is 0 Å². The molecule has 3 rings (SSSR count). The summed E-state index contributed by atoms with van der Waals surface area (Å²) in [5.74, 6) is 0.914. The minimum absolute atomic E-state index is 0.130. The van der Waals surface area contributed by atoms with Crippen LogP contribution in [-0.4, -0.2) is 41.7 Å². The van der Waals surface area contributed by atoms with E-state index in [0.717, 1.165) is 5.69 Å². The van der Waals surface area contributed by atoms with Gasteiger partial charge in [-0.2, -0.15) is 24.7 Å². The third-order valence-electron chi connectivity index (χ3n) is 2.48. The van der Waals surface area contributed by atoms with Crippen molar-refractivity contribution in [2.75, 3.05) is 17.7 Å². The molecule has 0 aliphatic heterocycles. The third-order valence-corrected chi connectivity index (χ3v) is 3.11. The zero-order chi connectivity index (χ0) is 13.9. The second kappa shape index (κ2) is 5.17. The van der Waals surface area contributed by atoms with Crippen molar-refractivity contribution < 1.29 is 0 Å². The predicted molar refractivity (Wildman–Crippen MR) is 73.4 cm³/mol. The molecule has 0 bridgehead atoms. The smallest absolute Gasteiger partial charge is 0.258 e. The first-order valence-corrected chi connectivity index (χ1v) is 6.61. The fraction of sp³-hybridized carbons (Fsp3) is 0.200. The van der Waals surface area contributed by atoms with Crippen molar-refractivity contribution in [1.82, 2.24) is 34.7 Å². The monoisotopic (exact) mass is 289 g/mol. The zero-order valence-electron chi connectivity index (χ0n) is 10.6. The van der Waals surface area contributed by atoms with Crippen LogP contribution in [0.3, 0.4) is 0 Å². The molecule has 0 saturated heterocycles. The summed E-state index contributed by atoms with van der Waals surface area (Å²) < 4.78 is 1.43. The quantitative estimate of drug-likeness (QED) is 0.721. The second-order valence-corrected chi connectivity index (χ2v) is 4.69. The van der Waals surface area contributed by atoms with Crippen molar-refractivity contribution in [2.24, 2.45) is 0 Å². The number of rotatable bonds is 4. The minimum Gasteiger partial charge on any atom is -0.368 e. The van der Waals surface area contributed by atoms with Crippen molar-refractivity contribution in [3.05, 3.63) is 29.2 Å². The molecule has 0 radical (unpaired) electrons. The Balaban J connectivity index is 1.89. The molecule has 0 saturated carbocycles. The lowest BCUT2D eigenvalue weighted by atomic mass is 10.4. The van der Waals surface area contributed by atoms with Crippen molar-refractivity contribution in [3.63, 3.8) is 0 Å². The van der Waals surface area contributed by atoms with Crippen molar-refractivity contribution >= 4 is 23.2 Å². The van der Waals surface area contributed by atoms with Crippen molar-refractivity contribution in [3.8, 4) is 5.95 Å². The van der Waals surface area contributed by atoms with Crippen LogP contribution < -0.4 is 10.6 Å². The van der Waals surface area contributed by atoms with Gasteiger partial charge in [-0.25, -0.2) is 9.97 Å². The number of aromatic nitrogens is 7. The number of nitrogens with zero attached hydrogens (tertiary/aromatic N) is 8. The lowest BCUT2D eigenvalue weighted by molar-refractivity contribution is 0.772. The predicted octanol–water partition coefficient (Wildman–Crippen LogP) is 0.127. The first-order chi connectivity index (χ1) is 9.72. The van der Waals surface area contributed by atoms with Crippen LogP contribution in [0.2, 0.25) is 0 Å². The Morgan fingerprint density at radius 1 is 1.35 bits per heavy atom. The summed E-state index contributed by atoms with van der Waals surface area (Å²) in [7, 11) is 1.86. The second-order valence-electron chi connectivity index (χ2n) is 3.97. The Bertz CT molecular complexity index is 679. The van der Waals surface area contributed by atoms with Gasteiger partial charge in [0.15, 0.2) is 0 Å². The molecular weight excluding hydrogens is 278 g/mol. The molecule has 3 aromatic rings. The lowest BCUT2D eigenvalue weighted by Crippen LogP contribution is -2.21. The minimum atomic E-state index is 0.130. The van der Waals surface area contributed by atoms with Gasteiger partial charge in [-0.1, -0.05) is 0 Å². The van der Waals surface area contributed by atoms with Crippen LogP contribution in [0.4, 0.5) is 11.9 Å². The Kier molecular flexibility index (Phi) is 3.21.